The molecule has 3 aromatic rings. The minimum Gasteiger partial charge on any atom is -0.461 e. The number of furan rings is 1. The van der Waals surface area contributed by atoms with Crippen LogP contribution in [0.3, 0.4) is 0 Å². The van der Waals surface area contributed by atoms with Crippen LogP contribution in [0.5, 0.6) is 0 Å². The summed E-state index contributed by atoms with van der Waals surface area (Å²) >= 11 is 0. The fourth-order valence-corrected chi connectivity index (χ4v) is 3.78. The third-order valence-corrected chi connectivity index (χ3v) is 5.12. The Morgan fingerprint density at radius 3 is 3.04 bits per heavy atom. The quantitative estimate of drug-likeness (QED) is 0.789. The number of aryl methyl sites for hydroxylation is 2. The standard InChI is InChI=1S/C20H23N3O2/c1-13-11-21-22-18(13)9-15-4-3-7-23(12-15)20(24)16-5-6-19-17(10-16)8-14(2)25-19/h5-6,8,10-11,15H,3-4,7,9,12H2,1-2H3,(H,21,22)/t15-/m0/s1. The molecule has 1 aliphatic heterocycles. The molecule has 130 valence electrons. The van der Waals surface area contributed by atoms with Crippen molar-refractivity contribution in [3.63, 3.8) is 0 Å². The zero-order valence-electron chi connectivity index (χ0n) is 14.7. The van der Waals surface area contributed by atoms with Gasteiger partial charge in [0.15, 0.2) is 0 Å². The van der Waals surface area contributed by atoms with Crippen LogP contribution in [-0.4, -0.2) is 34.1 Å². The highest BCUT2D eigenvalue weighted by Gasteiger charge is 2.25. The first kappa shape index (κ1) is 15.9. The minimum absolute atomic E-state index is 0.117. The summed E-state index contributed by atoms with van der Waals surface area (Å²) in [7, 11) is 0. The van der Waals surface area contributed by atoms with Crippen LogP contribution in [-0.2, 0) is 6.42 Å². The number of amides is 1. The van der Waals surface area contributed by atoms with Gasteiger partial charge in [0.05, 0.1) is 6.20 Å². The summed E-state index contributed by atoms with van der Waals surface area (Å²) in [6, 6.07) is 7.68. The molecular weight excluding hydrogens is 314 g/mol. The van der Waals surface area contributed by atoms with E-state index in [0.29, 0.717) is 5.92 Å². The van der Waals surface area contributed by atoms with E-state index in [2.05, 4.69) is 17.1 Å². The molecule has 0 bridgehead atoms. The summed E-state index contributed by atoms with van der Waals surface area (Å²) in [5.74, 6) is 1.47. The van der Waals surface area contributed by atoms with Gasteiger partial charge >= 0.3 is 0 Å². The number of likely N-dealkylation sites (tertiary alicyclic amines) is 1. The van der Waals surface area contributed by atoms with Crippen LogP contribution in [0.1, 0.15) is 40.2 Å². The molecule has 1 aliphatic rings. The summed E-state index contributed by atoms with van der Waals surface area (Å²) < 4.78 is 5.60. The number of hydrogen-bond acceptors (Lipinski definition) is 3. The molecule has 25 heavy (non-hydrogen) atoms. The van der Waals surface area contributed by atoms with Gasteiger partial charge in [-0.25, -0.2) is 0 Å². The normalized spacial score (nSPS) is 18.0. The number of piperidine rings is 1. The van der Waals surface area contributed by atoms with Crippen molar-refractivity contribution >= 4 is 16.9 Å². The Hall–Kier alpha value is -2.56. The molecule has 1 amide bonds. The van der Waals surface area contributed by atoms with Crippen molar-refractivity contribution in [2.75, 3.05) is 13.1 Å². The van der Waals surface area contributed by atoms with Crippen LogP contribution in [0.25, 0.3) is 11.0 Å². The van der Waals surface area contributed by atoms with Crippen LogP contribution in [0.2, 0.25) is 0 Å². The highest BCUT2D eigenvalue weighted by atomic mass is 16.3. The van der Waals surface area contributed by atoms with Crippen LogP contribution >= 0.6 is 0 Å². The van der Waals surface area contributed by atoms with Crippen molar-refractivity contribution in [3.8, 4) is 0 Å². The second-order valence-corrected chi connectivity index (χ2v) is 7.10. The molecule has 2 aromatic heterocycles. The monoisotopic (exact) mass is 337 g/mol. The number of nitrogens with one attached hydrogen (secondary N) is 1. The van der Waals surface area contributed by atoms with E-state index in [9.17, 15) is 4.79 Å². The van der Waals surface area contributed by atoms with E-state index in [1.165, 1.54) is 11.3 Å². The summed E-state index contributed by atoms with van der Waals surface area (Å²) in [6.07, 6.45) is 5.03. The van der Waals surface area contributed by atoms with Gasteiger partial charge in [-0.15, -0.1) is 0 Å². The second kappa shape index (κ2) is 6.39. The highest BCUT2D eigenvalue weighted by Crippen LogP contribution is 2.25. The van der Waals surface area contributed by atoms with E-state index in [-0.39, 0.29) is 5.91 Å². The predicted octanol–water partition coefficient (Wildman–Crippen LogP) is 3.87. The largest absolute Gasteiger partial charge is 0.461 e. The van der Waals surface area contributed by atoms with Crippen LogP contribution in [0.15, 0.2) is 34.9 Å². The number of carbonyl (C=O) groups is 1. The Balaban J connectivity index is 1.49. The van der Waals surface area contributed by atoms with Crippen molar-refractivity contribution in [1.82, 2.24) is 15.1 Å². The fourth-order valence-electron chi connectivity index (χ4n) is 3.78. The lowest BCUT2D eigenvalue weighted by Crippen LogP contribution is -2.40. The number of fused-ring (bicyclic) bond motifs is 1. The maximum Gasteiger partial charge on any atom is 0.253 e. The van der Waals surface area contributed by atoms with E-state index < -0.39 is 0 Å². The van der Waals surface area contributed by atoms with Crippen molar-refractivity contribution in [3.05, 3.63) is 53.0 Å². The number of hydrogen-bond donors (Lipinski definition) is 1. The summed E-state index contributed by atoms with van der Waals surface area (Å²) in [4.78, 5) is 14.9. The lowest BCUT2D eigenvalue weighted by atomic mass is 9.92. The number of rotatable bonds is 3. The van der Waals surface area contributed by atoms with Gasteiger partial charge in [-0.1, -0.05) is 0 Å². The molecule has 0 spiro atoms. The van der Waals surface area contributed by atoms with Gasteiger partial charge in [-0.2, -0.15) is 5.10 Å². The Morgan fingerprint density at radius 2 is 2.24 bits per heavy atom. The van der Waals surface area contributed by atoms with Gasteiger partial charge in [0.25, 0.3) is 5.91 Å². The molecule has 0 aliphatic carbocycles. The van der Waals surface area contributed by atoms with Crippen molar-refractivity contribution in [2.45, 2.75) is 33.1 Å². The highest BCUT2D eigenvalue weighted by molar-refractivity contribution is 5.97. The number of aromatic amines is 1. The SMILES string of the molecule is Cc1cc2cc(C(=O)N3CCC[C@@H](Cc4[nH]ncc4C)C3)ccc2o1. The van der Waals surface area contributed by atoms with Gasteiger partial charge < -0.3 is 9.32 Å². The second-order valence-electron chi connectivity index (χ2n) is 7.10. The van der Waals surface area contributed by atoms with E-state index >= 15 is 0 Å². The molecule has 4 rings (SSSR count). The van der Waals surface area contributed by atoms with Crippen molar-refractivity contribution in [1.29, 1.82) is 0 Å². The lowest BCUT2D eigenvalue weighted by molar-refractivity contribution is 0.0673. The lowest BCUT2D eigenvalue weighted by Gasteiger charge is -2.32. The minimum atomic E-state index is 0.117. The van der Waals surface area contributed by atoms with Gasteiger partial charge in [0.2, 0.25) is 0 Å². The maximum atomic E-state index is 12.9. The Labute approximate surface area is 147 Å². The summed E-state index contributed by atoms with van der Waals surface area (Å²) in [6.45, 7) is 5.64. The molecule has 5 nitrogen and oxygen atoms in total. The molecule has 0 radical (unpaired) electrons. The van der Waals surface area contributed by atoms with Crippen molar-refractivity contribution < 1.29 is 9.21 Å². The summed E-state index contributed by atoms with van der Waals surface area (Å²) in [5.41, 5.74) is 3.96. The van der Waals surface area contributed by atoms with Crippen LogP contribution in [0, 0.1) is 19.8 Å². The number of nitrogens with zero attached hydrogens (tertiary/aromatic N) is 2. The first-order valence-corrected chi connectivity index (χ1v) is 8.88. The predicted molar refractivity (Wildman–Crippen MR) is 96.6 cm³/mol. The number of benzene rings is 1. The third kappa shape index (κ3) is 3.18. The van der Waals surface area contributed by atoms with E-state index in [1.54, 1.807) is 0 Å². The van der Waals surface area contributed by atoms with Gasteiger partial charge in [-0.3, -0.25) is 9.89 Å². The zero-order valence-corrected chi connectivity index (χ0v) is 14.7. The molecule has 1 N–H and O–H groups in total. The Bertz CT molecular complexity index is 909. The average Bonchev–Trinajstić information content (AvgIpc) is 3.18. The Morgan fingerprint density at radius 1 is 1.36 bits per heavy atom. The van der Waals surface area contributed by atoms with E-state index in [0.717, 1.165) is 54.6 Å². The van der Waals surface area contributed by atoms with Crippen LogP contribution < -0.4 is 0 Å². The smallest absolute Gasteiger partial charge is 0.253 e. The molecule has 3 heterocycles. The topological polar surface area (TPSA) is 62.1 Å². The Kier molecular flexibility index (Phi) is 4.07. The molecule has 5 heteroatoms. The first-order chi connectivity index (χ1) is 12.1. The fraction of sp³-hybridized carbons (Fsp3) is 0.400. The first-order valence-electron chi connectivity index (χ1n) is 8.88. The van der Waals surface area contributed by atoms with Gasteiger partial charge in [0, 0.05) is 29.7 Å². The van der Waals surface area contributed by atoms with Gasteiger partial charge in [0.1, 0.15) is 11.3 Å². The number of H-pyrrole nitrogens is 1. The zero-order chi connectivity index (χ0) is 17.4. The van der Waals surface area contributed by atoms with Gasteiger partial charge in [-0.05, 0) is 68.9 Å². The molecular formula is C20H23N3O2. The molecule has 0 saturated carbocycles. The third-order valence-electron chi connectivity index (χ3n) is 5.12. The molecule has 0 unspecified atom stereocenters. The average molecular weight is 337 g/mol. The molecule has 1 atom stereocenters. The molecule has 1 aromatic carbocycles. The van der Waals surface area contributed by atoms with Crippen molar-refractivity contribution in [2.24, 2.45) is 5.92 Å². The van der Waals surface area contributed by atoms with E-state index in [4.69, 9.17) is 4.42 Å². The molecule has 1 saturated heterocycles. The van der Waals surface area contributed by atoms with E-state index in [1.807, 2.05) is 42.3 Å². The number of aromatic nitrogens is 2. The summed E-state index contributed by atoms with van der Waals surface area (Å²) in [5, 5.41) is 8.18. The molecule has 1 fully saturated rings. The maximum absolute atomic E-state index is 12.9. The number of carbonyl (C=O) groups excluding carboxylic acids is 1. The van der Waals surface area contributed by atoms with Crippen LogP contribution in [0.4, 0.5) is 0 Å².